The molecule has 4 heterocycles. The lowest BCUT2D eigenvalue weighted by Crippen LogP contribution is -2.56. The maximum Gasteiger partial charge on any atom is 0.333 e. The third kappa shape index (κ3) is 5.74. The summed E-state index contributed by atoms with van der Waals surface area (Å²) in [7, 11) is 0. The highest BCUT2D eigenvalue weighted by Gasteiger charge is 2.45. The molecule has 0 bridgehead atoms. The summed E-state index contributed by atoms with van der Waals surface area (Å²) in [6.45, 7) is 30.4. The van der Waals surface area contributed by atoms with Crippen molar-refractivity contribution < 1.29 is 4.42 Å². The summed E-state index contributed by atoms with van der Waals surface area (Å²) in [5.41, 5.74) is 19.7. The molecule has 4 heteroatoms. The van der Waals surface area contributed by atoms with Crippen LogP contribution in [0.2, 0.25) is 0 Å². The van der Waals surface area contributed by atoms with Gasteiger partial charge in [-0.2, -0.15) is 0 Å². The van der Waals surface area contributed by atoms with Crippen molar-refractivity contribution in [2.45, 2.75) is 112 Å². The van der Waals surface area contributed by atoms with Crippen molar-refractivity contribution in [2.75, 3.05) is 4.90 Å². The first-order chi connectivity index (χ1) is 30.7. The summed E-state index contributed by atoms with van der Waals surface area (Å²) in [6, 6.07) is 47.2. The number of aromatic nitrogens is 1. The molecule has 0 N–H and O–H groups in total. The van der Waals surface area contributed by atoms with Crippen molar-refractivity contribution in [1.29, 1.82) is 0 Å². The van der Waals surface area contributed by atoms with Gasteiger partial charge in [-0.3, -0.25) is 0 Å². The zero-order chi connectivity index (χ0) is 45.4. The minimum Gasteiger partial charge on any atom is -0.456 e. The average Bonchev–Trinajstić information content (AvgIpc) is 3.78. The smallest absolute Gasteiger partial charge is 0.333 e. The van der Waals surface area contributed by atoms with E-state index in [4.69, 9.17) is 4.42 Å². The highest BCUT2D eigenvalue weighted by Crippen LogP contribution is 2.52. The number of nitrogens with zero attached hydrogens (tertiary/aromatic N) is 2. The Morgan fingerprint density at radius 1 is 0.477 bits per heavy atom. The van der Waals surface area contributed by atoms with Gasteiger partial charge in [0.1, 0.15) is 11.2 Å². The van der Waals surface area contributed by atoms with Gasteiger partial charge in [0, 0.05) is 61.3 Å². The molecule has 0 unspecified atom stereocenters. The molecule has 0 amide bonds. The molecule has 0 saturated carbocycles. The topological polar surface area (TPSA) is 21.3 Å². The monoisotopic (exact) mass is 846 g/mol. The Morgan fingerprint density at radius 3 is 1.80 bits per heavy atom. The maximum atomic E-state index is 7.04. The van der Waals surface area contributed by atoms with Gasteiger partial charge in [0.15, 0.2) is 0 Å². The number of anilines is 3. The summed E-state index contributed by atoms with van der Waals surface area (Å²) < 4.78 is 9.78. The molecule has 322 valence electrons. The average molecular weight is 847 g/mol. The van der Waals surface area contributed by atoms with Crippen LogP contribution in [-0.4, -0.2) is 11.3 Å². The van der Waals surface area contributed by atoms with Crippen LogP contribution in [0.25, 0.3) is 76.4 Å². The Morgan fingerprint density at radius 2 is 1.11 bits per heavy atom. The summed E-state index contributed by atoms with van der Waals surface area (Å²) in [6.07, 6.45) is 0. The van der Waals surface area contributed by atoms with Gasteiger partial charge in [-0.05, 0) is 149 Å². The second-order valence-corrected chi connectivity index (χ2v) is 23.5. The van der Waals surface area contributed by atoms with E-state index in [0.717, 1.165) is 16.6 Å². The van der Waals surface area contributed by atoms with E-state index in [1.54, 1.807) is 0 Å². The van der Waals surface area contributed by atoms with Gasteiger partial charge in [-0.1, -0.05) is 144 Å². The second-order valence-electron chi connectivity index (χ2n) is 23.5. The third-order valence-electron chi connectivity index (χ3n) is 15.1. The molecule has 0 aliphatic carbocycles. The number of rotatable bonds is 1. The third-order valence-corrected chi connectivity index (χ3v) is 15.1. The van der Waals surface area contributed by atoms with Crippen LogP contribution < -0.4 is 15.8 Å². The molecular formula is C61H59BN2O. The van der Waals surface area contributed by atoms with Crippen molar-refractivity contribution in [3.63, 3.8) is 0 Å². The zero-order valence-corrected chi connectivity index (χ0v) is 40.4. The zero-order valence-electron chi connectivity index (χ0n) is 40.4. The Bertz CT molecular complexity index is 3690. The maximum absolute atomic E-state index is 7.04. The van der Waals surface area contributed by atoms with E-state index in [2.05, 4.69) is 221 Å². The highest BCUT2D eigenvalue weighted by molar-refractivity contribution is 6.90. The van der Waals surface area contributed by atoms with Gasteiger partial charge in [0.05, 0.1) is 0 Å². The van der Waals surface area contributed by atoms with Gasteiger partial charge in [0.2, 0.25) is 0 Å². The first-order valence-electron chi connectivity index (χ1n) is 23.7. The molecule has 2 aliphatic heterocycles. The van der Waals surface area contributed by atoms with Crippen LogP contribution >= 0.6 is 0 Å². The van der Waals surface area contributed by atoms with Gasteiger partial charge in [-0.15, -0.1) is 0 Å². The second kappa shape index (κ2) is 13.0. The Hall–Kier alpha value is -6.26. The quantitative estimate of drug-likeness (QED) is 0.121. The van der Waals surface area contributed by atoms with E-state index in [1.807, 2.05) is 0 Å². The minimum atomic E-state index is -0.110. The standard InChI is InChI=1S/C61H59BN2O/c1-34-42-19-15-14-18-35(42)24-36-25-50-48(32-44(34)36)62-56-51(63(50)41-27-38(59(5,6)7)26-39(28-41)60(8,9)10)33-53-54(43-20-16-17-21-52(43)65-53)55(56)47-31-40(61(11,12)13)30-46-45-29-37(58(2,3)4)22-23-49(45)64(62)57(46)47/h14-33H,1-13H3. The first kappa shape index (κ1) is 40.3. The van der Waals surface area contributed by atoms with Gasteiger partial charge in [0.25, 0.3) is 0 Å². The van der Waals surface area contributed by atoms with Crippen LogP contribution in [0.5, 0.6) is 0 Å². The molecule has 0 radical (unpaired) electrons. The van der Waals surface area contributed by atoms with Crippen LogP contribution in [0.15, 0.2) is 126 Å². The van der Waals surface area contributed by atoms with Crippen LogP contribution in [0, 0.1) is 6.92 Å². The van der Waals surface area contributed by atoms with Crippen molar-refractivity contribution in [1.82, 2.24) is 4.48 Å². The van der Waals surface area contributed by atoms with Gasteiger partial charge < -0.3 is 13.8 Å². The SMILES string of the molecule is Cc1c2ccccc2cc2cc3c(cc12)B1c2c(cc4oc5ccccc5c4c2-c2cc(C(C)(C)C)cc4c5cc(C(C)(C)C)ccc5n1c24)N3c1cc(C(C)(C)C)cc(C(C)(C)C)c1. The predicted octanol–water partition coefficient (Wildman–Crippen LogP) is 15.9. The summed E-state index contributed by atoms with van der Waals surface area (Å²) in [5, 5.41) is 10.1. The normalized spacial score (nSPS) is 14.2. The van der Waals surface area contributed by atoms with E-state index in [1.165, 1.54) is 116 Å². The summed E-state index contributed by atoms with van der Waals surface area (Å²) in [5.74, 6) is 0. The lowest BCUT2D eigenvalue weighted by atomic mass is 9.44. The number of hydrogen-bond donors (Lipinski definition) is 0. The Kier molecular flexibility index (Phi) is 8.03. The van der Waals surface area contributed by atoms with E-state index >= 15 is 0 Å². The van der Waals surface area contributed by atoms with Gasteiger partial charge >= 0.3 is 6.85 Å². The minimum absolute atomic E-state index is 0.00405. The van der Waals surface area contributed by atoms with E-state index in [-0.39, 0.29) is 28.5 Å². The number of hydrogen-bond acceptors (Lipinski definition) is 2. The number of fused-ring (bicyclic) bond motifs is 13. The molecule has 12 rings (SSSR count). The summed E-state index contributed by atoms with van der Waals surface area (Å²) >= 11 is 0. The number of furan rings is 1. The van der Waals surface area contributed by atoms with Crippen LogP contribution in [0.3, 0.4) is 0 Å². The lowest BCUT2D eigenvalue weighted by Gasteiger charge is -2.42. The number of para-hydroxylation sites is 1. The Balaban J connectivity index is 1.33. The summed E-state index contributed by atoms with van der Waals surface area (Å²) in [4.78, 5) is 2.62. The molecule has 0 spiro atoms. The predicted molar refractivity (Wildman–Crippen MR) is 282 cm³/mol. The van der Waals surface area contributed by atoms with Crippen LogP contribution in [0.4, 0.5) is 17.1 Å². The van der Waals surface area contributed by atoms with E-state index in [9.17, 15) is 0 Å². The molecule has 3 nitrogen and oxygen atoms in total. The van der Waals surface area contributed by atoms with Crippen LogP contribution in [0.1, 0.15) is 111 Å². The highest BCUT2D eigenvalue weighted by atomic mass is 16.3. The number of aryl methyl sites for hydroxylation is 1. The fourth-order valence-corrected chi connectivity index (χ4v) is 11.4. The molecule has 2 aliphatic rings. The molecule has 0 atom stereocenters. The van der Waals surface area contributed by atoms with E-state index < -0.39 is 0 Å². The van der Waals surface area contributed by atoms with Crippen molar-refractivity contribution in [3.05, 3.63) is 149 Å². The first-order valence-corrected chi connectivity index (χ1v) is 23.7. The molecule has 10 aromatic rings. The molecule has 0 fully saturated rings. The van der Waals surface area contributed by atoms with Crippen molar-refractivity contribution in [2.24, 2.45) is 0 Å². The molecule has 8 aromatic carbocycles. The molecule has 65 heavy (non-hydrogen) atoms. The number of benzene rings is 8. The van der Waals surface area contributed by atoms with Crippen molar-refractivity contribution >= 4 is 100 Å². The Labute approximate surface area is 384 Å². The largest absolute Gasteiger partial charge is 0.456 e. The lowest BCUT2D eigenvalue weighted by molar-refractivity contribution is 0.568. The molecular weight excluding hydrogens is 787 g/mol. The van der Waals surface area contributed by atoms with Crippen LogP contribution in [-0.2, 0) is 21.7 Å². The van der Waals surface area contributed by atoms with E-state index in [0.29, 0.717) is 0 Å². The fraction of sp³-hybridized carbons (Fsp3) is 0.279. The molecule has 2 aromatic heterocycles. The van der Waals surface area contributed by atoms with Gasteiger partial charge in [-0.25, -0.2) is 0 Å². The fourth-order valence-electron chi connectivity index (χ4n) is 11.4. The van der Waals surface area contributed by atoms with Crippen molar-refractivity contribution in [3.8, 4) is 11.1 Å². The molecule has 0 saturated heterocycles.